The minimum Gasteiger partial charge on any atom is -0.506 e. The Morgan fingerprint density at radius 2 is 1.82 bits per heavy atom. The number of phenolic OH excluding ortho intramolecular Hbond substituents is 1. The summed E-state index contributed by atoms with van der Waals surface area (Å²) in [7, 11) is 0. The van der Waals surface area contributed by atoms with Gasteiger partial charge in [-0.1, -0.05) is 37.6 Å². The quantitative estimate of drug-likeness (QED) is 0.385. The Labute approximate surface area is 191 Å². The van der Waals surface area contributed by atoms with Gasteiger partial charge in [0.15, 0.2) is 5.60 Å². The molecular weight excluding hydrogens is 461 g/mol. The first kappa shape index (κ1) is 23.4. The van der Waals surface area contributed by atoms with E-state index in [1.165, 1.54) is 32.2 Å². The molecule has 5 N–H and O–H groups in total. The molecule has 1 heterocycles. The lowest BCUT2D eigenvalue weighted by molar-refractivity contribution is -0.330. The van der Waals surface area contributed by atoms with Crippen molar-refractivity contribution < 1.29 is 28.5 Å². The molecule has 6 nitrogen and oxygen atoms in total. The monoisotopic (exact) mass is 482 g/mol. The standard InChI is InChI=1S/C23H22ClF3N2O4/c1-20(2)10-22(33,23(25,26)27)21(32,14-6-7-15(24)18(30)17(14)20)11-29-16-5-3-4-13-12(16)8-9-28-19(13)31/h3-9,29-30,32-33H,10-11H2,1-2H3,(H,28,31). The number of halogens is 4. The fourth-order valence-corrected chi connectivity index (χ4v) is 5.02. The van der Waals surface area contributed by atoms with Gasteiger partial charge < -0.3 is 25.6 Å². The number of hydrogen-bond acceptors (Lipinski definition) is 5. The number of pyridine rings is 1. The van der Waals surface area contributed by atoms with Crippen molar-refractivity contribution in [3.8, 4) is 5.75 Å². The molecule has 0 saturated heterocycles. The van der Waals surface area contributed by atoms with Gasteiger partial charge in [0.05, 0.1) is 11.6 Å². The molecule has 0 fully saturated rings. The lowest BCUT2D eigenvalue weighted by atomic mass is 9.58. The summed E-state index contributed by atoms with van der Waals surface area (Å²) in [6.07, 6.45) is -4.73. The van der Waals surface area contributed by atoms with Crippen LogP contribution in [0.2, 0.25) is 5.02 Å². The number of H-pyrrole nitrogens is 1. The zero-order chi connectivity index (χ0) is 24.4. The molecule has 0 aliphatic heterocycles. The maximum absolute atomic E-state index is 14.3. The third-order valence-electron chi connectivity index (χ3n) is 6.45. The number of nitrogens with one attached hydrogen (secondary N) is 2. The molecule has 0 amide bonds. The molecule has 1 aliphatic carbocycles. The van der Waals surface area contributed by atoms with E-state index in [4.69, 9.17) is 11.6 Å². The van der Waals surface area contributed by atoms with Crippen LogP contribution in [-0.4, -0.2) is 38.6 Å². The fourth-order valence-electron chi connectivity index (χ4n) is 4.87. The molecule has 2 aromatic carbocycles. The van der Waals surface area contributed by atoms with E-state index in [-0.39, 0.29) is 21.7 Å². The smallest absolute Gasteiger partial charge is 0.420 e. The molecular formula is C23H22ClF3N2O4. The summed E-state index contributed by atoms with van der Waals surface area (Å²) in [5.74, 6) is -0.446. The Kier molecular flexibility index (Phi) is 5.23. The van der Waals surface area contributed by atoms with Gasteiger partial charge in [-0.25, -0.2) is 0 Å². The zero-order valence-corrected chi connectivity index (χ0v) is 18.5. The molecule has 2 unspecified atom stereocenters. The van der Waals surface area contributed by atoms with Gasteiger partial charge >= 0.3 is 6.18 Å². The van der Waals surface area contributed by atoms with Crippen LogP contribution in [0.5, 0.6) is 5.75 Å². The maximum Gasteiger partial charge on any atom is 0.420 e. The van der Waals surface area contributed by atoms with Gasteiger partial charge in [-0.2, -0.15) is 13.2 Å². The van der Waals surface area contributed by atoms with Crippen LogP contribution in [0.25, 0.3) is 10.8 Å². The molecule has 4 rings (SSSR count). The van der Waals surface area contributed by atoms with E-state index in [2.05, 4.69) is 10.3 Å². The Hall–Kier alpha value is -2.75. The van der Waals surface area contributed by atoms with Crippen LogP contribution in [0, 0.1) is 0 Å². The Balaban J connectivity index is 1.90. The summed E-state index contributed by atoms with van der Waals surface area (Å²) in [6, 6.07) is 8.58. The van der Waals surface area contributed by atoms with Crippen LogP contribution in [0.4, 0.5) is 18.9 Å². The number of rotatable bonds is 3. The van der Waals surface area contributed by atoms with E-state index in [9.17, 15) is 33.3 Å². The summed E-state index contributed by atoms with van der Waals surface area (Å²) in [6.45, 7) is 2.10. The van der Waals surface area contributed by atoms with Crippen molar-refractivity contribution in [3.63, 3.8) is 0 Å². The molecule has 0 saturated carbocycles. The van der Waals surface area contributed by atoms with Gasteiger partial charge in [-0.15, -0.1) is 0 Å². The van der Waals surface area contributed by atoms with E-state index in [1.54, 1.807) is 24.3 Å². The van der Waals surface area contributed by atoms with Gasteiger partial charge in [-0.05, 0) is 41.7 Å². The highest BCUT2D eigenvalue weighted by atomic mass is 35.5. The van der Waals surface area contributed by atoms with Gasteiger partial charge in [0.25, 0.3) is 5.56 Å². The summed E-state index contributed by atoms with van der Waals surface area (Å²) >= 11 is 6.02. The molecule has 10 heteroatoms. The van der Waals surface area contributed by atoms with Gasteiger partial charge in [0.2, 0.25) is 0 Å². The number of aromatic amines is 1. The number of benzene rings is 2. The number of alkyl halides is 3. The highest BCUT2D eigenvalue weighted by molar-refractivity contribution is 6.32. The topological polar surface area (TPSA) is 106 Å². The predicted octanol–water partition coefficient (Wildman–Crippen LogP) is 4.16. The fraction of sp³-hybridized carbons (Fsp3) is 0.348. The maximum atomic E-state index is 14.3. The highest BCUT2D eigenvalue weighted by Gasteiger charge is 2.71. The average molecular weight is 483 g/mol. The number of aromatic nitrogens is 1. The predicted molar refractivity (Wildman–Crippen MR) is 119 cm³/mol. The Bertz CT molecular complexity index is 1310. The van der Waals surface area contributed by atoms with Crippen LogP contribution in [0.15, 0.2) is 47.4 Å². The Morgan fingerprint density at radius 3 is 2.48 bits per heavy atom. The molecule has 3 aromatic rings. The normalized spacial score (nSPS) is 24.5. The molecule has 1 aromatic heterocycles. The minimum atomic E-state index is -5.20. The third-order valence-corrected chi connectivity index (χ3v) is 6.76. The second-order valence-corrected chi connectivity index (χ2v) is 9.43. The third kappa shape index (κ3) is 3.37. The number of hydrogen-bond donors (Lipinski definition) is 5. The highest BCUT2D eigenvalue weighted by Crippen LogP contribution is 2.58. The number of aromatic hydroxyl groups is 1. The number of fused-ring (bicyclic) bond motifs is 2. The van der Waals surface area contributed by atoms with E-state index >= 15 is 0 Å². The van der Waals surface area contributed by atoms with Gasteiger partial charge in [-0.3, -0.25) is 4.79 Å². The minimum absolute atomic E-state index is 0.0302. The van der Waals surface area contributed by atoms with E-state index < -0.39 is 41.5 Å². The summed E-state index contributed by atoms with van der Waals surface area (Å²) in [5.41, 5.74) is -8.15. The molecule has 0 bridgehead atoms. The van der Waals surface area contributed by atoms with Gasteiger partial charge in [0, 0.05) is 28.2 Å². The van der Waals surface area contributed by atoms with Crippen molar-refractivity contribution in [1.82, 2.24) is 4.98 Å². The molecule has 1 aliphatic rings. The van der Waals surface area contributed by atoms with Crippen molar-refractivity contribution in [2.24, 2.45) is 0 Å². The van der Waals surface area contributed by atoms with E-state index in [0.29, 0.717) is 16.5 Å². The van der Waals surface area contributed by atoms with E-state index in [0.717, 1.165) is 0 Å². The second-order valence-electron chi connectivity index (χ2n) is 9.02. The molecule has 176 valence electrons. The largest absolute Gasteiger partial charge is 0.506 e. The van der Waals surface area contributed by atoms with E-state index in [1.807, 2.05) is 0 Å². The van der Waals surface area contributed by atoms with Crippen molar-refractivity contribution in [1.29, 1.82) is 0 Å². The lowest BCUT2D eigenvalue weighted by Gasteiger charge is -2.53. The number of aliphatic hydroxyl groups is 2. The first-order valence-corrected chi connectivity index (χ1v) is 10.5. The SMILES string of the molecule is CC1(C)CC(O)(C(F)(F)F)C(O)(CNc2cccc3c(=O)[nH]ccc23)c2ccc(Cl)c(O)c21. The summed E-state index contributed by atoms with van der Waals surface area (Å²) < 4.78 is 42.9. The van der Waals surface area contributed by atoms with Crippen molar-refractivity contribution in [2.45, 2.75) is 43.1 Å². The molecule has 33 heavy (non-hydrogen) atoms. The van der Waals surface area contributed by atoms with Crippen LogP contribution in [0.1, 0.15) is 31.4 Å². The van der Waals surface area contributed by atoms with Crippen molar-refractivity contribution in [2.75, 3.05) is 11.9 Å². The van der Waals surface area contributed by atoms with Gasteiger partial charge in [0.1, 0.15) is 11.4 Å². The lowest BCUT2D eigenvalue weighted by Crippen LogP contribution is -2.68. The molecule has 0 radical (unpaired) electrons. The van der Waals surface area contributed by atoms with Crippen LogP contribution >= 0.6 is 11.6 Å². The first-order chi connectivity index (χ1) is 15.2. The number of phenols is 1. The second kappa shape index (κ2) is 7.38. The molecule has 2 atom stereocenters. The van der Waals surface area contributed by atoms with Crippen LogP contribution in [-0.2, 0) is 11.0 Å². The van der Waals surface area contributed by atoms with Crippen molar-refractivity contribution >= 4 is 28.1 Å². The average Bonchev–Trinajstić information content (AvgIpc) is 2.72. The van der Waals surface area contributed by atoms with Crippen LogP contribution < -0.4 is 10.9 Å². The number of anilines is 1. The molecule has 0 spiro atoms. The van der Waals surface area contributed by atoms with Crippen molar-refractivity contribution in [3.05, 3.63) is 69.1 Å². The first-order valence-electron chi connectivity index (χ1n) is 10.1. The summed E-state index contributed by atoms with van der Waals surface area (Å²) in [4.78, 5) is 14.6. The zero-order valence-electron chi connectivity index (χ0n) is 17.7. The summed E-state index contributed by atoms with van der Waals surface area (Å²) in [5, 5.41) is 36.6. The van der Waals surface area contributed by atoms with Crippen LogP contribution in [0.3, 0.4) is 0 Å². The Morgan fingerprint density at radius 1 is 1.12 bits per heavy atom.